The Labute approximate surface area is 181 Å². The molecule has 1 saturated heterocycles. The van der Waals surface area contributed by atoms with Crippen LogP contribution in [-0.2, 0) is 32.3 Å². The first-order valence-corrected chi connectivity index (χ1v) is 10.8. The van der Waals surface area contributed by atoms with Gasteiger partial charge in [-0.05, 0) is 24.3 Å². The molecule has 13 heteroatoms. The molecule has 1 aromatic carbocycles. The quantitative estimate of drug-likeness (QED) is 0.679. The van der Waals surface area contributed by atoms with Gasteiger partial charge in [0.2, 0.25) is 15.9 Å². The number of sulfonamides is 1. The Morgan fingerprint density at radius 1 is 1.19 bits per heavy atom. The summed E-state index contributed by atoms with van der Waals surface area (Å²) in [4.78, 5) is 24.2. The van der Waals surface area contributed by atoms with Crippen LogP contribution >= 0.6 is 0 Å². The van der Waals surface area contributed by atoms with Gasteiger partial charge in [0.05, 0.1) is 36.5 Å². The van der Waals surface area contributed by atoms with Crippen LogP contribution in [0.4, 0.5) is 18.9 Å². The van der Waals surface area contributed by atoms with E-state index in [2.05, 4.69) is 5.32 Å². The number of pyridine rings is 1. The maximum Gasteiger partial charge on any atom is 0.417 e. The van der Waals surface area contributed by atoms with E-state index in [0.717, 1.165) is 0 Å². The third-order valence-corrected chi connectivity index (χ3v) is 6.57. The van der Waals surface area contributed by atoms with Crippen molar-refractivity contribution in [1.29, 1.82) is 0 Å². The maximum atomic E-state index is 12.9. The lowest BCUT2D eigenvalue weighted by molar-refractivity contribution is -0.138. The van der Waals surface area contributed by atoms with Crippen molar-refractivity contribution in [2.75, 3.05) is 38.7 Å². The SMILES string of the molecule is COc1ccc(S(=O)(=O)N2CCOCC2)cc1NC(=O)Cn1cc(C(F)(F)F)ccc1=O. The molecule has 1 aromatic heterocycles. The second-order valence-corrected chi connectivity index (χ2v) is 8.75. The minimum atomic E-state index is -4.68. The van der Waals surface area contributed by atoms with Crippen LogP contribution in [0, 0.1) is 0 Å². The number of morpholine rings is 1. The molecule has 174 valence electrons. The van der Waals surface area contributed by atoms with Crippen LogP contribution in [0.2, 0.25) is 0 Å². The summed E-state index contributed by atoms with van der Waals surface area (Å²) in [5.41, 5.74) is -1.89. The van der Waals surface area contributed by atoms with E-state index >= 15 is 0 Å². The van der Waals surface area contributed by atoms with Crippen molar-refractivity contribution in [3.8, 4) is 5.75 Å². The number of carbonyl (C=O) groups excluding carboxylic acids is 1. The third-order valence-electron chi connectivity index (χ3n) is 4.68. The van der Waals surface area contributed by atoms with Gasteiger partial charge in [-0.3, -0.25) is 9.59 Å². The fraction of sp³-hybridized carbons (Fsp3) is 0.368. The predicted molar refractivity (Wildman–Crippen MR) is 107 cm³/mol. The molecular weight excluding hydrogens is 455 g/mol. The minimum Gasteiger partial charge on any atom is -0.495 e. The number of aromatic nitrogens is 1. The van der Waals surface area contributed by atoms with Crippen LogP contribution in [0.15, 0.2) is 46.2 Å². The van der Waals surface area contributed by atoms with Gasteiger partial charge in [-0.1, -0.05) is 0 Å². The predicted octanol–water partition coefficient (Wildman–Crippen LogP) is 1.54. The molecule has 0 unspecified atom stereocenters. The van der Waals surface area contributed by atoms with E-state index in [0.29, 0.717) is 22.9 Å². The average molecular weight is 475 g/mol. The number of rotatable bonds is 6. The summed E-state index contributed by atoms with van der Waals surface area (Å²) in [6, 6.07) is 5.19. The highest BCUT2D eigenvalue weighted by Gasteiger charge is 2.31. The van der Waals surface area contributed by atoms with Gasteiger partial charge >= 0.3 is 6.18 Å². The van der Waals surface area contributed by atoms with Crippen molar-refractivity contribution < 1.29 is 35.9 Å². The summed E-state index contributed by atoms with van der Waals surface area (Å²) in [7, 11) is -2.56. The van der Waals surface area contributed by atoms with Crippen LogP contribution in [0.25, 0.3) is 0 Å². The van der Waals surface area contributed by atoms with Gasteiger partial charge in [-0.2, -0.15) is 17.5 Å². The number of nitrogens with zero attached hydrogens (tertiary/aromatic N) is 2. The Morgan fingerprint density at radius 3 is 2.50 bits per heavy atom. The minimum absolute atomic E-state index is 0.00754. The first kappa shape index (κ1) is 23.8. The Morgan fingerprint density at radius 2 is 1.88 bits per heavy atom. The smallest absolute Gasteiger partial charge is 0.417 e. The van der Waals surface area contributed by atoms with Crippen molar-refractivity contribution in [2.24, 2.45) is 0 Å². The highest BCUT2D eigenvalue weighted by atomic mass is 32.2. The molecule has 3 rings (SSSR count). The van der Waals surface area contributed by atoms with E-state index in [1.165, 1.54) is 29.6 Å². The lowest BCUT2D eigenvalue weighted by Gasteiger charge is -2.26. The van der Waals surface area contributed by atoms with E-state index in [1.54, 1.807) is 0 Å². The standard InChI is InChI=1S/C19H20F3N3O6S/c1-30-16-4-3-14(32(28,29)25-6-8-31-9-7-25)10-15(16)23-17(26)12-24-11-13(19(20,21)22)2-5-18(24)27/h2-5,10-11H,6-9,12H2,1H3,(H,23,26). The van der Waals surface area contributed by atoms with Crippen molar-refractivity contribution in [3.63, 3.8) is 0 Å². The highest BCUT2D eigenvalue weighted by molar-refractivity contribution is 7.89. The van der Waals surface area contributed by atoms with Gasteiger partial charge in [0.15, 0.2) is 0 Å². The number of benzene rings is 1. The Hall–Kier alpha value is -2.90. The van der Waals surface area contributed by atoms with Crippen molar-refractivity contribution in [1.82, 2.24) is 8.87 Å². The van der Waals surface area contributed by atoms with Crippen LogP contribution < -0.4 is 15.6 Å². The molecule has 0 saturated carbocycles. The summed E-state index contributed by atoms with van der Waals surface area (Å²) in [6.07, 6.45) is -4.14. The zero-order valence-corrected chi connectivity index (χ0v) is 17.7. The molecule has 1 aliphatic heterocycles. The number of anilines is 1. The summed E-state index contributed by atoms with van der Waals surface area (Å²) in [6.45, 7) is 0.144. The third kappa shape index (κ3) is 5.29. The van der Waals surface area contributed by atoms with E-state index in [9.17, 15) is 31.2 Å². The topological polar surface area (TPSA) is 107 Å². The molecule has 0 aliphatic carbocycles. The molecule has 1 amide bonds. The number of nitrogens with one attached hydrogen (secondary N) is 1. The van der Waals surface area contributed by atoms with Gasteiger partial charge in [0.1, 0.15) is 12.3 Å². The first-order valence-electron chi connectivity index (χ1n) is 9.36. The molecule has 9 nitrogen and oxygen atoms in total. The molecule has 2 heterocycles. The molecule has 1 aliphatic rings. The second-order valence-electron chi connectivity index (χ2n) is 6.81. The first-order chi connectivity index (χ1) is 15.0. The fourth-order valence-electron chi connectivity index (χ4n) is 3.05. The van der Waals surface area contributed by atoms with Crippen molar-refractivity contribution in [2.45, 2.75) is 17.6 Å². The maximum absolute atomic E-state index is 12.9. The summed E-state index contributed by atoms with van der Waals surface area (Å²) >= 11 is 0. The number of carbonyl (C=O) groups is 1. The number of hydrogen-bond donors (Lipinski definition) is 1. The molecule has 1 fully saturated rings. The molecule has 0 radical (unpaired) electrons. The Balaban J connectivity index is 1.85. The summed E-state index contributed by atoms with van der Waals surface area (Å²) < 4.78 is 76.5. The van der Waals surface area contributed by atoms with E-state index in [-0.39, 0.29) is 42.6 Å². The molecule has 0 bridgehead atoms. The van der Waals surface area contributed by atoms with Crippen LogP contribution in [0.3, 0.4) is 0 Å². The van der Waals surface area contributed by atoms with E-state index in [1.807, 2.05) is 0 Å². The number of hydrogen-bond acceptors (Lipinski definition) is 6. The largest absolute Gasteiger partial charge is 0.495 e. The highest BCUT2D eigenvalue weighted by Crippen LogP contribution is 2.30. The van der Waals surface area contributed by atoms with Crippen LogP contribution in [-0.4, -0.2) is 56.6 Å². The lowest BCUT2D eigenvalue weighted by atomic mass is 10.2. The van der Waals surface area contributed by atoms with Gasteiger partial charge in [-0.15, -0.1) is 0 Å². The Bertz CT molecular complexity index is 1160. The number of alkyl halides is 3. The fourth-order valence-corrected chi connectivity index (χ4v) is 4.48. The van der Waals surface area contributed by atoms with Gasteiger partial charge in [-0.25, -0.2) is 8.42 Å². The number of halogens is 3. The average Bonchev–Trinajstić information content (AvgIpc) is 2.75. The van der Waals surface area contributed by atoms with Crippen LogP contribution in [0.1, 0.15) is 5.56 Å². The van der Waals surface area contributed by atoms with Gasteiger partial charge in [0.25, 0.3) is 5.56 Å². The number of methoxy groups -OCH3 is 1. The molecule has 0 spiro atoms. The molecule has 0 atom stereocenters. The summed E-state index contributed by atoms with van der Waals surface area (Å²) in [5, 5.41) is 2.40. The summed E-state index contributed by atoms with van der Waals surface area (Å²) in [5.74, 6) is -0.707. The van der Waals surface area contributed by atoms with E-state index < -0.39 is 39.8 Å². The van der Waals surface area contributed by atoms with Crippen LogP contribution in [0.5, 0.6) is 5.75 Å². The van der Waals surface area contributed by atoms with Crippen molar-refractivity contribution in [3.05, 3.63) is 52.4 Å². The zero-order valence-electron chi connectivity index (χ0n) is 16.9. The second kappa shape index (κ2) is 9.30. The molecule has 32 heavy (non-hydrogen) atoms. The lowest BCUT2D eigenvalue weighted by Crippen LogP contribution is -2.40. The normalized spacial score (nSPS) is 15.4. The molecule has 2 aromatic rings. The monoisotopic (exact) mass is 475 g/mol. The molecule has 1 N–H and O–H groups in total. The molecular formula is C19H20F3N3O6S. The Kier molecular flexibility index (Phi) is 6.91. The zero-order chi connectivity index (χ0) is 23.5. The van der Waals surface area contributed by atoms with Gasteiger partial charge < -0.3 is 19.4 Å². The number of ether oxygens (including phenoxy) is 2. The van der Waals surface area contributed by atoms with E-state index in [4.69, 9.17) is 9.47 Å². The van der Waals surface area contributed by atoms with Crippen molar-refractivity contribution >= 4 is 21.6 Å². The number of amides is 1. The van der Waals surface area contributed by atoms with Gasteiger partial charge in [0, 0.05) is 25.4 Å².